The molecular formula is C14H17ClN4O2. The number of aromatic nitrogens is 3. The second kappa shape index (κ2) is 5.83. The maximum atomic E-state index is 12.2. The maximum absolute atomic E-state index is 12.2. The average Bonchev–Trinajstić information content (AvgIpc) is 2.80. The quantitative estimate of drug-likeness (QED) is 0.901. The minimum Gasteiger partial charge on any atom is -0.394 e. The molecule has 0 aliphatic carbocycles. The van der Waals surface area contributed by atoms with E-state index in [2.05, 4.69) is 15.5 Å². The Morgan fingerprint density at radius 1 is 1.43 bits per heavy atom. The number of amides is 1. The van der Waals surface area contributed by atoms with E-state index in [1.165, 1.54) is 4.80 Å². The van der Waals surface area contributed by atoms with E-state index in [4.69, 9.17) is 11.6 Å². The molecular weight excluding hydrogens is 292 g/mol. The molecule has 2 rings (SSSR count). The number of aliphatic hydroxyl groups is 1. The van der Waals surface area contributed by atoms with Gasteiger partial charge in [-0.3, -0.25) is 4.79 Å². The predicted octanol–water partition coefficient (Wildman–Crippen LogP) is 1.73. The number of carbonyl (C=O) groups excluding carboxylic acids is 1. The maximum Gasteiger partial charge on any atom is 0.274 e. The van der Waals surface area contributed by atoms with E-state index in [1.807, 2.05) is 0 Å². The number of aryl methyl sites for hydroxylation is 1. The molecule has 0 atom stereocenters. The second-order valence-corrected chi connectivity index (χ2v) is 5.84. The Bertz CT molecular complexity index is 667. The van der Waals surface area contributed by atoms with Crippen molar-refractivity contribution < 1.29 is 9.90 Å². The molecule has 112 valence electrons. The number of hydrogen-bond donors (Lipinski definition) is 2. The number of halogens is 1. The van der Waals surface area contributed by atoms with Crippen molar-refractivity contribution in [2.75, 3.05) is 6.61 Å². The monoisotopic (exact) mass is 308 g/mol. The molecule has 1 heterocycles. The molecule has 0 spiro atoms. The fourth-order valence-corrected chi connectivity index (χ4v) is 1.90. The van der Waals surface area contributed by atoms with E-state index < -0.39 is 5.54 Å². The Kier molecular flexibility index (Phi) is 4.29. The van der Waals surface area contributed by atoms with Crippen molar-refractivity contribution >= 4 is 17.5 Å². The molecule has 6 nitrogen and oxygen atoms in total. The lowest BCUT2D eigenvalue weighted by Gasteiger charge is -2.22. The largest absolute Gasteiger partial charge is 0.394 e. The van der Waals surface area contributed by atoms with Crippen LogP contribution >= 0.6 is 11.6 Å². The first-order chi connectivity index (χ1) is 9.82. The van der Waals surface area contributed by atoms with Gasteiger partial charge < -0.3 is 10.4 Å². The smallest absolute Gasteiger partial charge is 0.274 e. The van der Waals surface area contributed by atoms with E-state index in [0.717, 1.165) is 0 Å². The Hall–Kier alpha value is -1.92. The molecule has 0 unspecified atom stereocenters. The van der Waals surface area contributed by atoms with Gasteiger partial charge >= 0.3 is 0 Å². The number of nitrogens with zero attached hydrogens (tertiary/aromatic N) is 3. The fraction of sp³-hybridized carbons (Fsp3) is 0.357. The van der Waals surface area contributed by atoms with Crippen LogP contribution in [-0.4, -0.2) is 38.2 Å². The lowest BCUT2D eigenvalue weighted by molar-refractivity contribution is 0.0863. The average molecular weight is 309 g/mol. The van der Waals surface area contributed by atoms with Crippen molar-refractivity contribution in [3.05, 3.63) is 40.7 Å². The van der Waals surface area contributed by atoms with Gasteiger partial charge in [0.1, 0.15) is 0 Å². The number of rotatable bonds is 4. The summed E-state index contributed by atoms with van der Waals surface area (Å²) in [5.74, 6) is -0.375. The number of nitrogens with one attached hydrogen (secondary N) is 1. The third-order valence-corrected chi connectivity index (χ3v) is 3.12. The van der Waals surface area contributed by atoms with Gasteiger partial charge in [-0.2, -0.15) is 9.90 Å². The van der Waals surface area contributed by atoms with Gasteiger partial charge in [0.2, 0.25) is 0 Å². The topological polar surface area (TPSA) is 80.0 Å². The summed E-state index contributed by atoms with van der Waals surface area (Å²) in [5.41, 5.74) is 0.674. The molecule has 0 saturated carbocycles. The molecule has 0 fully saturated rings. The van der Waals surface area contributed by atoms with Crippen LogP contribution in [0.2, 0.25) is 5.02 Å². The Morgan fingerprint density at radius 2 is 2.14 bits per heavy atom. The SMILES string of the molecule is Cc1nn(-c2cccc(Cl)c2)nc1C(=O)NC(C)(C)CO. The third kappa shape index (κ3) is 3.59. The van der Waals surface area contributed by atoms with Gasteiger partial charge in [-0.05, 0) is 39.0 Å². The molecule has 0 saturated heterocycles. The molecule has 0 aliphatic heterocycles. The number of aliphatic hydroxyl groups excluding tert-OH is 1. The molecule has 1 amide bonds. The Balaban J connectivity index is 2.29. The molecule has 0 bridgehead atoms. The van der Waals surface area contributed by atoms with Crippen LogP contribution in [0.15, 0.2) is 24.3 Å². The van der Waals surface area contributed by atoms with Gasteiger partial charge in [0.25, 0.3) is 5.91 Å². The molecule has 1 aromatic heterocycles. The zero-order valence-corrected chi connectivity index (χ0v) is 12.8. The van der Waals surface area contributed by atoms with Crippen LogP contribution in [0.1, 0.15) is 30.0 Å². The normalized spacial score (nSPS) is 11.5. The van der Waals surface area contributed by atoms with Gasteiger partial charge in [0.05, 0.1) is 23.5 Å². The highest BCUT2D eigenvalue weighted by Crippen LogP contribution is 2.14. The zero-order chi connectivity index (χ0) is 15.6. The fourth-order valence-electron chi connectivity index (χ4n) is 1.71. The molecule has 0 radical (unpaired) electrons. The lowest BCUT2D eigenvalue weighted by atomic mass is 10.1. The van der Waals surface area contributed by atoms with Crippen molar-refractivity contribution in [2.45, 2.75) is 26.3 Å². The van der Waals surface area contributed by atoms with Gasteiger partial charge in [-0.15, -0.1) is 5.10 Å². The summed E-state index contributed by atoms with van der Waals surface area (Å²) >= 11 is 5.93. The van der Waals surface area contributed by atoms with Crippen molar-refractivity contribution in [2.24, 2.45) is 0 Å². The molecule has 7 heteroatoms. The summed E-state index contributed by atoms with van der Waals surface area (Å²) in [4.78, 5) is 13.6. The van der Waals surface area contributed by atoms with E-state index in [-0.39, 0.29) is 18.2 Å². The van der Waals surface area contributed by atoms with Crippen LogP contribution in [0.5, 0.6) is 0 Å². The molecule has 1 aromatic carbocycles. The predicted molar refractivity (Wildman–Crippen MR) is 79.7 cm³/mol. The highest BCUT2D eigenvalue weighted by Gasteiger charge is 2.24. The Labute approximate surface area is 127 Å². The van der Waals surface area contributed by atoms with Crippen LogP contribution in [-0.2, 0) is 0 Å². The zero-order valence-electron chi connectivity index (χ0n) is 12.1. The lowest BCUT2D eigenvalue weighted by Crippen LogP contribution is -2.46. The first-order valence-corrected chi connectivity index (χ1v) is 6.83. The molecule has 2 N–H and O–H groups in total. The first kappa shape index (κ1) is 15.5. The van der Waals surface area contributed by atoms with E-state index in [9.17, 15) is 9.90 Å². The van der Waals surface area contributed by atoms with Crippen LogP contribution in [0.25, 0.3) is 5.69 Å². The van der Waals surface area contributed by atoms with E-state index in [0.29, 0.717) is 16.4 Å². The van der Waals surface area contributed by atoms with Gasteiger partial charge in [-0.25, -0.2) is 0 Å². The van der Waals surface area contributed by atoms with Crippen molar-refractivity contribution in [3.63, 3.8) is 0 Å². The first-order valence-electron chi connectivity index (χ1n) is 6.46. The van der Waals surface area contributed by atoms with Crippen LogP contribution in [0.4, 0.5) is 0 Å². The van der Waals surface area contributed by atoms with Crippen molar-refractivity contribution in [1.82, 2.24) is 20.3 Å². The second-order valence-electron chi connectivity index (χ2n) is 5.40. The minimum absolute atomic E-state index is 0.166. The van der Waals surface area contributed by atoms with Crippen LogP contribution in [0, 0.1) is 6.92 Å². The summed E-state index contributed by atoms with van der Waals surface area (Å²) in [6.07, 6.45) is 0. The molecule has 21 heavy (non-hydrogen) atoms. The van der Waals surface area contributed by atoms with Crippen molar-refractivity contribution in [3.8, 4) is 5.69 Å². The minimum atomic E-state index is -0.719. The van der Waals surface area contributed by atoms with Crippen LogP contribution < -0.4 is 5.32 Å². The summed E-state index contributed by atoms with van der Waals surface area (Å²) in [6, 6.07) is 7.04. The summed E-state index contributed by atoms with van der Waals surface area (Å²) < 4.78 is 0. The van der Waals surface area contributed by atoms with Crippen LogP contribution in [0.3, 0.4) is 0 Å². The Morgan fingerprint density at radius 3 is 2.76 bits per heavy atom. The van der Waals surface area contributed by atoms with E-state index >= 15 is 0 Å². The number of carbonyl (C=O) groups is 1. The highest BCUT2D eigenvalue weighted by molar-refractivity contribution is 6.30. The van der Waals surface area contributed by atoms with E-state index in [1.54, 1.807) is 45.0 Å². The third-order valence-electron chi connectivity index (χ3n) is 2.88. The molecule has 0 aliphatic rings. The van der Waals surface area contributed by atoms with Gasteiger partial charge in [0.15, 0.2) is 5.69 Å². The summed E-state index contributed by atoms with van der Waals surface area (Å²) in [5, 5.41) is 20.9. The van der Waals surface area contributed by atoms with Gasteiger partial charge in [0, 0.05) is 5.02 Å². The van der Waals surface area contributed by atoms with Gasteiger partial charge in [-0.1, -0.05) is 17.7 Å². The molecule has 2 aromatic rings. The van der Waals surface area contributed by atoms with Crippen molar-refractivity contribution in [1.29, 1.82) is 0 Å². The summed E-state index contributed by atoms with van der Waals surface area (Å²) in [7, 11) is 0. The number of hydrogen-bond acceptors (Lipinski definition) is 4. The highest BCUT2D eigenvalue weighted by atomic mass is 35.5. The summed E-state index contributed by atoms with van der Waals surface area (Å²) in [6.45, 7) is 4.98. The standard InChI is InChI=1S/C14H17ClN4O2/c1-9-12(13(21)16-14(2,3)8-20)18-19(17-9)11-6-4-5-10(15)7-11/h4-7,20H,8H2,1-3H3,(H,16,21). The number of benzene rings is 1.